The van der Waals surface area contributed by atoms with Gasteiger partial charge in [-0.25, -0.2) is 0 Å². The molecule has 1 fully saturated rings. The molecular formula is C20H26IN3O2. The highest BCUT2D eigenvalue weighted by Crippen LogP contribution is 2.15. The van der Waals surface area contributed by atoms with Gasteiger partial charge in [0, 0.05) is 19.6 Å². The molecule has 2 N–H and O–H groups in total. The number of hydrogen-bond donors (Lipinski definition) is 1. The summed E-state index contributed by atoms with van der Waals surface area (Å²) in [5.74, 6) is 1.49. The summed E-state index contributed by atoms with van der Waals surface area (Å²) in [7, 11) is 0. The summed E-state index contributed by atoms with van der Waals surface area (Å²) in [6.45, 7) is 4.32. The van der Waals surface area contributed by atoms with E-state index in [1.807, 2.05) is 30.3 Å². The lowest BCUT2D eigenvalue weighted by Gasteiger charge is -2.27. The maximum absolute atomic E-state index is 6.05. The van der Waals surface area contributed by atoms with Crippen LogP contribution >= 0.6 is 24.0 Å². The van der Waals surface area contributed by atoms with Crippen molar-refractivity contribution in [3.63, 3.8) is 0 Å². The van der Waals surface area contributed by atoms with Gasteiger partial charge >= 0.3 is 0 Å². The Kier molecular flexibility index (Phi) is 8.70. The van der Waals surface area contributed by atoms with Gasteiger partial charge in [-0.3, -0.25) is 4.99 Å². The predicted octanol–water partition coefficient (Wildman–Crippen LogP) is 3.07. The molecule has 2 aromatic carbocycles. The predicted molar refractivity (Wildman–Crippen MR) is 115 cm³/mol. The fourth-order valence-corrected chi connectivity index (χ4v) is 2.72. The molecule has 0 radical (unpaired) electrons. The van der Waals surface area contributed by atoms with E-state index in [1.165, 1.54) is 5.56 Å². The SMILES string of the molecule is I.NC(=NCCc1cccc(OCc2ccccc2)c1)N1CCOCC1. The third kappa shape index (κ3) is 6.49. The molecule has 1 heterocycles. The van der Waals surface area contributed by atoms with Crippen LogP contribution in [0.25, 0.3) is 0 Å². The van der Waals surface area contributed by atoms with E-state index in [9.17, 15) is 0 Å². The fraction of sp³-hybridized carbons (Fsp3) is 0.350. The van der Waals surface area contributed by atoms with Gasteiger partial charge in [-0.1, -0.05) is 42.5 Å². The van der Waals surface area contributed by atoms with Gasteiger partial charge in [-0.05, 0) is 29.7 Å². The minimum Gasteiger partial charge on any atom is -0.489 e. The lowest BCUT2D eigenvalue weighted by Crippen LogP contribution is -2.44. The van der Waals surface area contributed by atoms with Crippen molar-refractivity contribution in [2.24, 2.45) is 10.7 Å². The van der Waals surface area contributed by atoms with Gasteiger partial charge in [-0.15, -0.1) is 24.0 Å². The number of guanidine groups is 1. The summed E-state index contributed by atoms with van der Waals surface area (Å²) >= 11 is 0. The molecule has 5 nitrogen and oxygen atoms in total. The molecule has 0 spiro atoms. The third-order valence-electron chi connectivity index (χ3n) is 4.16. The van der Waals surface area contributed by atoms with Gasteiger partial charge in [-0.2, -0.15) is 0 Å². The minimum absolute atomic E-state index is 0. The molecular weight excluding hydrogens is 441 g/mol. The molecule has 0 atom stereocenters. The molecule has 6 heteroatoms. The first-order chi connectivity index (χ1) is 12.3. The second kappa shape index (κ2) is 11.0. The van der Waals surface area contributed by atoms with Crippen molar-refractivity contribution in [2.45, 2.75) is 13.0 Å². The summed E-state index contributed by atoms with van der Waals surface area (Å²) in [6.07, 6.45) is 0.841. The standard InChI is InChI=1S/C20H25N3O2.HI/c21-20(23-11-13-24-14-12-23)22-10-9-17-7-4-8-19(15-17)25-16-18-5-2-1-3-6-18;/h1-8,15H,9-14,16H2,(H2,21,22);1H. The van der Waals surface area contributed by atoms with Crippen LogP contribution < -0.4 is 10.5 Å². The van der Waals surface area contributed by atoms with Crippen molar-refractivity contribution in [3.05, 3.63) is 65.7 Å². The van der Waals surface area contributed by atoms with Crippen LogP contribution in [0.1, 0.15) is 11.1 Å². The molecule has 0 saturated carbocycles. The van der Waals surface area contributed by atoms with Crippen molar-refractivity contribution in [1.29, 1.82) is 0 Å². The molecule has 2 aromatic rings. The summed E-state index contributed by atoms with van der Waals surface area (Å²) < 4.78 is 11.2. The van der Waals surface area contributed by atoms with E-state index in [2.05, 4.69) is 34.2 Å². The van der Waals surface area contributed by atoms with Crippen molar-refractivity contribution in [2.75, 3.05) is 32.8 Å². The van der Waals surface area contributed by atoms with Gasteiger partial charge < -0.3 is 20.1 Å². The van der Waals surface area contributed by atoms with E-state index < -0.39 is 0 Å². The van der Waals surface area contributed by atoms with Crippen molar-refractivity contribution < 1.29 is 9.47 Å². The van der Waals surface area contributed by atoms with E-state index in [4.69, 9.17) is 15.2 Å². The topological polar surface area (TPSA) is 60.1 Å². The summed E-state index contributed by atoms with van der Waals surface area (Å²) in [4.78, 5) is 6.56. The zero-order chi connectivity index (χ0) is 17.3. The van der Waals surface area contributed by atoms with E-state index in [-0.39, 0.29) is 24.0 Å². The normalized spacial score (nSPS) is 14.6. The largest absolute Gasteiger partial charge is 0.489 e. The molecule has 0 aliphatic carbocycles. The summed E-state index contributed by atoms with van der Waals surface area (Å²) in [5.41, 5.74) is 8.41. The average Bonchev–Trinajstić information content (AvgIpc) is 2.68. The lowest BCUT2D eigenvalue weighted by atomic mass is 10.1. The zero-order valence-electron chi connectivity index (χ0n) is 14.8. The van der Waals surface area contributed by atoms with Crippen molar-refractivity contribution in [3.8, 4) is 5.75 Å². The number of nitrogens with zero attached hydrogens (tertiary/aromatic N) is 2. The Bertz CT molecular complexity index is 688. The van der Waals surface area contributed by atoms with Crippen LogP contribution in [-0.4, -0.2) is 43.7 Å². The fourth-order valence-electron chi connectivity index (χ4n) is 2.72. The lowest BCUT2D eigenvalue weighted by molar-refractivity contribution is 0.0674. The number of morpholine rings is 1. The smallest absolute Gasteiger partial charge is 0.191 e. The van der Waals surface area contributed by atoms with Crippen LogP contribution in [0.3, 0.4) is 0 Å². The quantitative estimate of drug-likeness (QED) is 0.403. The molecule has 1 aliphatic heterocycles. The Labute approximate surface area is 172 Å². The van der Waals surface area contributed by atoms with Crippen molar-refractivity contribution >= 4 is 29.9 Å². The molecule has 0 unspecified atom stereocenters. The second-order valence-corrected chi connectivity index (χ2v) is 6.01. The first-order valence-corrected chi connectivity index (χ1v) is 8.69. The first-order valence-electron chi connectivity index (χ1n) is 8.69. The highest BCUT2D eigenvalue weighted by Gasteiger charge is 2.11. The van der Waals surface area contributed by atoms with Crippen LogP contribution in [0.4, 0.5) is 0 Å². The highest BCUT2D eigenvalue weighted by atomic mass is 127. The van der Waals surface area contributed by atoms with Crippen LogP contribution in [0, 0.1) is 0 Å². The zero-order valence-corrected chi connectivity index (χ0v) is 17.2. The Balaban J connectivity index is 0.00000243. The van der Waals surface area contributed by atoms with E-state index >= 15 is 0 Å². The maximum Gasteiger partial charge on any atom is 0.191 e. The van der Waals surface area contributed by atoms with E-state index in [0.717, 1.165) is 44.0 Å². The molecule has 0 bridgehead atoms. The highest BCUT2D eigenvalue weighted by molar-refractivity contribution is 14.0. The Morgan fingerprint density at radius 2 is 1.77 bits per heavy atom. The average molecular weight is 467 g/mol. The summed E-state index contributed by atoms with van der Waals surface area (Å²) in [6, 6.07) is 18.3. The molecule has 1 aliphatic rings. The van der Waals surface area contributed by atoms with Gasteiger partial charge in [0.1, 0.15) is 12.4 Å². The van der Waals surface area contributed by atoms with Crippen LogP contribution in [0.2, 0.25) is 0 Å². The minimum atomic E-state index is 0. The number of benzene rings is 2. The number of aliphatic imine (C=N–C) groups is 1. The van der Waals surface area contributed by atoms with Crippen LogP contribution in [0.5, 0.6) is 5.75 Å². The molecule has 0 aromatic heterocycles. The Hall–Kier alpha value is -1.80. The molecule has 26 heavy (non-hydrogen) atoms. The van der Waals surface area contributed by atoms with Gasteiger partial charge in [0.2, 0.25) is 0 Å². The second-order valence-electron chi connectivity index (χ2n) is 6.01. The molecule has 1 saturated heterocycles. The van der Waals surface area contributed by atoms with E-state index in [1.54, 1.807) is 0 Å². The van der Waals surface area contributed by atoms with Gasteiger partial charge in [0.05, 0.1) is 13.2 Å². The number of hydrogen-bond acceptors (Lipinski definition) is 3. The number of rotatable bonds is 6. The molecule has 3 rings (SSSR count). The summed E-state index contributed by atoms with van der Waals surface area (Å²) in [5, 5.41) is 0. The van der Waals surface area contributed by atoms with Gasteiger partial charge in [0.25, 0.3) is 0 Å². The third-order valence-corrected chi connectivity index (χ3v) is 4.16. The number of halogens is 1. The van der Waals surface area contributed by atoms with E-state index in [0.29, 0.717) is 19.1 Å². The van der Waals surface area contributed by atoms with Crippen LogP contribution in [0.15, 0.2) is 59.6 Å². The number of nitrogens with two attached hydrogens (primary N) is 1. The molecule has 0 amide bonds. The van der Waals surface area contributed by atoms with Crippen molar-refractivity contribution in [1.82, 2.24) is 4.90 Å². The first kappa shape index (κ1) is 20.5. The maximum atomic E-state index is 6.05. The van der Waals surface area contributed by atoms with Gasteiger partial charge in [0.15, 0.2) is 5.96 Å². The Morgan fingerprint density at radius 3 is 2.54 bits per heavy atom. The molecule has 140 valence electrons. The van der Waals surface area contributed by atoms with Crippen LogP contribution in [-0.2, 0) is 17.8 Å². The monoisotopic (exact) mass is 467 g/mol. The Morgan fingerprint density at radius 1 is 1.04 bits per heavy atom. The number of ether oxygens (including phenoxy) is 2.